The van der Waals surface area contributed by atoms with Crippen molar-refractivity contribution in [2.45, 2.75) is 6.92 Å². The Bertz CT molecular complexity index is 983. The number of amides is 1. The van der Waals surface area contributed by atoms with Gasteiger partial charge in [-0.25, -0.2) is 5.43 Å². The van der Waals surface area contributed by atoms with Crippen molar-refractivity contribution in [3.8, 4) is 17.2 Å². The van der Waals surface area contributed by atoms with E-state index < -0.39 is 5.91 Å². The maximum Gasteiger partial charge on any atom is 0.275 e. The Kier molecular flexibility index (Phi) is 5.03. The molecule has 0 aliphatic heterocycles. The number of ether oxygens (including phenoxy) is 1. The molecule has 0 heterocycles. The van der Waals surface area contributed by atoms with Crippen LogP contribution in [-0.2, 0) is 0 Å². The molecule has 3 aromatic carbocycles. The summed E-state index contributed by atoms with van der Waals surface area (Å²) in [4.78, 5) is 12.3. The molecule has 0 bridgehead atoms. The third-order valence-corrected chi connectivity index (χ3v) is 3.77. The van der Waals surface area contributed by atoms with Crippen molar-refractivity contribution >= 4 is 22.9 Å². The summed E-state index contributed by atoms with van der Waals surface area (Å²) in [7, 11) is 0. The second kappa shape index (κ2) is 7.57. The van der Waals surface area contributed by atoms with E-state index in [1.54, 1.807) is 24.3 Å². The summed E-state index contributed by atoms with van der Waals surface area (Å²) in [6, 6.07) is 15.4. The monoisotopic (exact) mass is 350 g/mol. The van der Waals surface area contributed by atoms with Gasteiger partial charge in [0.15, 0.2) is 11.5 Å². The number of carbonyl (C=O) groups excluding carboxylic acids is 1. The summed E-state index contributed by atoms with van der Waals surface area (Å²) >= 11 is 0. The van der Waals surface area contributed by atoms with E-state index in [0.29, 0.717) is 17.9 Å². The molecule has 0 aliphatic rings. The Morgan fingerprint density at radius 3 is 2.50 bits per heavy atom. The van der Waals surface area contributed by atoms with Crippen molar-refractivity contribution in [3.63, 3.8) is 0 Å². The number of nitrogens with zero attached hydrogens (tertiary/aromatic N) is 1. The van der Waals surface area contributed by atoms with Crippen molar-refractivity contribution in [2.24, 2.45) is 5.10 Å². The van der Waals surface area contributed by atoms with Gasteiger partial charge in [0.2, 0.25) is 0 Å². The molecule has 0 radical (unpaired) electrons. The van der Waals surface area contributed by atoms with Crippen molar-refractivity contribution < 1.29 is 19.7 Å². The van der Waals surface area contributed by atoms with Crippen LogP contribution in [0.1, 0.15) is 22.8 Å². The largest absolute Gasteiger partial charge is 0.507 e. The van der Waals surface area contributed by atoms with Gasteiger partial charge in [0.1, 0.15) is 5.75 Å². The fourth-order valence-electron chi connectivity index (χ4n) is 2.53. The third kappa shape index (κ3) is 3.75. The van der Waals surface area contributed by atoms with Gasteiger partial charge in [-0.2, -0.15) is 5.10 Å². The molecule has 3 rings (SSSR count). The normalized spacial score (nSPS) is 11.0. The van der Waals surface area contributed by atoms with Gasteiger partial charge >= 0.3 is 0 Å². The average Bonchev–Trinajstić information content (AvgIpc) is 2.63. The van der Waals surface area contributed by atoms with Crippen molar-refractivity contribution in [3.05, 3.63) is 65.7 Å². The van der Waals surface area contributed by atoms with E-state index in [2.05, 4.69) is 10.5 Å². The molecule has 132 valence electrons. The molecule has 0 aromatic heterocycles. The third-order valence-electron chi connectivity index (χ3n) is 3.77. The van der Waals surface area contributed by atoms with Crippen LogP contribution in [0.4, 0.5) is 0 Å². The van der Waals surface area contributed by atoms with Crippen LogP contribution in [0.5, 0.6) is 17.2 Å². The molecule has 6 heteroatoms. The molecule has 3 aromatic rings. The van der Waals surface area contributed by atoms with Gasteiger partial charge in [0.05, 0.1) is 18.4 Å². The van der Waals surface area contributed by atoms with Gasteiger partial charge in [0.25, 0.3) is 5.91 Å². The minimum Gasteiger partial charge on any atom is -0.507 e. The van der Waals surface area contributed by atoms with Crippen LogP contribution in [0.2, 0.25) is 0 Å². The number of hydrogen-bond acceptors (Lipinski definition) is 5. The zero-order valence-electron chi connectivity index (χ0n) is 14.1. The van der Waals surface area contributed by atoms with Crippen LogP contribution in [0, 0.1) is 0 Å². The lowest BCUT2D eigenvalue weighted by Gasteiger charge is -2.06. The Morgan fingerprint density at radius 1 is 1.08 bits per heavy atom. The number of benzene rings is 3. The Hall–Kier alpha value is -3.54. The second-order valence-electron chi connectivity index (χ2n) is 5.58. The summed E-state index contributed by atoms with van der Waals surface area (Å²) < 4.78 is 5.25. The van der Waals surface area contributed by atoms with Gasteiger partial charge in [-0.05, 0) is 53.6 Å². The summed E-state index contributed by atoms with van der Waals surface area (Å²) in [6.07, 6.45) is 1.39. The first-order valence-electron chi connectivity index (χ1n) is 8.09. The standard InChI is InChI=1S/C20H18N2O4/c1-2-26-19-8-7-13(9-18(19)24)12-21-22-20(25)16-10-14-5-3-4-6-15(14)11-17(16)23/h3-12,23-24H,2H2,1H3,(H,22,25)/b21-12-. The molecular formula is C20H18N2O4. The van der Waals surface area contributed by atoms with Crippen LogP contribution in [0.25, 0.3) is 10.8 Å². The summed E-state index contributed by atoms with van der Waals surface area (Å²) in [5.41, 5.74) is 3.10. The van der Waals surface area contributed by atoms with E-state index in [4.69, 9.17) is 4.74 Å². The van der Waals surface area contributed by atoms with E-state index >= 15 is 0 Å². The van der Waals surface area contributed by atoms with Gasteiger partial charge in [0, 0.05) is 0 Å². The van der Waals surface area contributed by atoms with E-state index in [1.165, 1.54) is 12.3 Å². The maximum absolute atomic E-state index is 12.3. The van der Waals surface area contributed by atoms with Gasteiger partial charge in [-0.3, -0.25) is 4.79 Å². The van der Waals surface area contributed by atoms with Crippen LogP contribution < -0.4 is 10.2 Å². The first-order chi connectivity index (χ1) is 12.6. The molecule has 1 amide bonds. The lowest BCUT2D eigenvalue weighted by Crippen LogP contribution is -2.17. The van der Waals surface area contributed by atoms with Crippen LogP contribution in [0.15, 0.2) is 59.7 Å². The minimum atomic E-state index is -0.528. The van der Waals surface area contributed by atoms with Crippen LogP contribution >= 0.6 is 0 Å². The lowest BCUT2D eigenvalue weighted by atomic mass is 10.1. The highest BCUT2D eigenvalue weighted by molar-refractivity contribution is 6.01. The highest BCUT2D eigenvalue weighted by Gasteiger charge is 2.11. The number of phenolic OH excluding ortho intramolecular Hbond substituents is 2. The molecular weight excluding hydrogens is 332 g/mol. The number of carbonyl (C=O) groups is 1. The van der Waals surface area contributed by atoms with E-state index in [1.807, 2.05) is 31.2 Å². The first-order valence-corrected chi connectivity index (χ1v) is 8.09. The van der Waals surface area contributed by atoms with E-state index in [-0.39, 0.29) is 17.1 Å². The fraction of sp³-hybridized carbons (Fsp3) is 0.100. The maximum atomic E-state index is 12.3. The number of nitrogens with one attached hydrogen (secondary N) is 1. The number of rotatable bonds is 5. The number of fused-ring (bicyclic) bond motifs is 1. The second-order valence-corrected chi connectivity index (χ2v) is 5.58. The van der Waals surface area contributed by atoms with Crippen molar-refractivity contribution in [2.75, 3.05) is 6.61 Å². The summed E-state index contributed by atoms with van der Waals surface area (Å²) in [5, 5.41) is 25.4. The molecule has 26 heavy (non-hydrogen) atoms. The van der Waals surface area contributed by atoms with Crippen molar-refractivity contribution in [1.82, 2.24) is 5.43 Å². The SMILES string of the molecule is CCOc1ccc(/C=N\NC(=O)c2cc3ccccc3cc2O)cc1O. The quantitative estimate of drug-likeness (QED) is 0.486. The molecule has 3 N–H and O–H groups in total. The predicted octanol–water partition coefficient (Wildman–Crippen LogP) is 3.41. The highest BCUT2D eigenvalue weighted by Crippen LogP contribution is 2.26. The predicted molar refractivity (Wildman–Crippen MR) is 99.9 cm³/mol. The fourth-order valence-corrected chi connectivity index (χ4v) is 2.53. The minimum absolute atomic E-state index is 0.00528. The molecule has 0 aliphatic carbocycles. The topological polar surface area (TPSA) is 91.2 Å². The van der Waals surface area contributed by atoms with Crippen LogP contribution in [0.3, 0.4) is 0 Å². The molecule has 0 saturated carbocycles. The Balaban J connectivity index is 1.73. The number of aromatic hydroxyl groups is 2. The van der Waals surface area contributed by atoms with Crippen molar-refractivity contribution in [1.29, 1.82) is 0 Å². The molecule has 0 unspecified atom stereocenters. The average molecular weight is 350 g/mol. The zero-order valence-corrected chi connectivity index (χ0v) is 14.1. The Labute approximate surface area is 150 Å². The van der Waals surface area contributed by atoms with Crippen LogP contribution in [-0.4, -0.2) is 28.9 Å². The van der Waals surface area contributed by atoms with Gasteiger partial charge < -0.3 is 14.9 Å². The molecule has 0 atom stereocenters. The smallest absolute Gasteiger partial charge is 0.275 e. The van der Waals surface area contributed by atoms with E-state index in [9.17, 15) is 15.0 Å². The first kappa shape index (κ1) is 17.3. The van der Waals surface area contributed by atoms with E-state index in [0.717, 1.165) is 10.8 Å². The summed E-state index contributed by atoms with van der Waals surface area (Å²) in [6.45, 7) is 2.28. The Morgan fingerprint density at radius 2 is 1.81 bits per heavy atom. The lowest BCUT2D eigenvalue weighted by molar-refractivity contribution is 0.0952. The number of hydrazone groups is 1. The molecule has 0 fully saturated rings. The number of hydrogen-bond donors (Lipinski definition) is 3. The highest BCUT2D eigenvalue weighted by atomic mass is 16.5. The molecule has 0 saturated heterocycles. The van der Waals surface area contributed by atoms with Gasteiger partial charge in [-0.1, -0.05) is 24.3 Å². The molecule has 6 nitrogen and oxygen atoms in total. The molecule has 0 spiro atoms. The van der Waals surface area contributed by atoms with Gasteiger partial charge in [-0.15, -0.1) is 0 Å². The summed E-state index contributed by atoms with van der Waals surface area (Å²) in [5.74, 6) is -0.265. The zero-order chi connectivity index (χ0) is 18.5. The number of phenols is 2.